The van der Waals surface area contributed by atoms with Gasteiger partial charge in [0.1, 0.15) is 12.2 Å². The zero-order valence-corrected chi connectivity index (χ0v) is 19.0. The molecule has 2 atom stereocenters. The average molecular weight is 451 g/mol. The Balaban J connectivity index is 1.34. The summed E-state index contributed by atoms with van der Waals surface area (Å²) in [6, 6.07) is 0.287. The maximum atomic E-state index is 10.6. The van der Waals surface area contributed by atoms with Crippen LogP contribution >= 0.6 is 20.1 Å². The lowest BCUT2D eigenvalue weighted by molar-refractivity contribution is 0.0780. The van der Waals surface area contributed by atoms with E-state index in [9.17, 15) is 4.57 Å². The van der Waals surface area contributed by atoms with Crippen LogP contribution in [0.3, 0.4) is 0 Å². The van der Waals surface area contributed by atoms with Crippen molar-refractivity contribution in [1.82, 2.24) is 24.6 Å². The van der Waals surface area contributed by atoms with E-state index in [4.69, 9.17) is 21.4 Å². The summed E-state index contributed by atoms with van der Waals surface area (Å²) in [6.45, 7) is 5.04. The summed E-state index contributed by atoms with van der Waals surface area (Å²) in [6.07, 6.45) is 7.83. The quantitative estimate of drug-likeness (QED) is 0.378. The van der Waals surface area contributed by atoms with Crippen molar-refractivity contribution >= 4 is 36.9 Å². The molecule has 2 aromatic heterocycles. The fourth-order valence-electron chi connectivity index (χ4n) is 5.70. The Hall–Kier alpha value is -1.34. The fraction of sp³-hybridized carbons (Fsp3) is 0.750. The maximum Gasteiger partial charge on any atom is 0.226 e. The molecule has 2 saturated heterocycles. The number of piperidine rings is 1. The first-order chi connectivity index (χ1) is 14.6. The molecule has 5 rings (SSSR count). The molecule has 3 fully saturated rings. The zero-order valence-electron chi connectivity index (χ0n) is 17.3. The van der Waals surface area contributed by atoms with Crippen LogP contribution in [0.4, 0.5) is 5.82 Å². The SMILES string of the molecule is CN1CCCC2(C1)CN(c1nc(Cl)nc3c1cnn3C1CCC(COCP=O)C1)C2. The third kappa shape index (κ3) is 3.83. The molecule has 0 amide bonds. The second-order valence-corrected chi connectivity index (χ2v) is 10.2. The highest BCUT2D eigenvalue weighted by Crippen LogP contribution is 2.43. The van der Waals surface area contributed by atoms with E-state index in [0.29, 0.717) is 17.9 Å². The van der Waals surface area contributed by atoms with E-state index in [1.807, 2.05) is 10.9 Å². The summed E-state index contributed by atoms with van der Waals surface area (Å²) in [5.74, 6) is 1.38. The Morgan fingerprint density at radius 1 is 1.30 bits per heavy atom. The molecule has 162 valence electrons. The van der Waals surface area contributed by atoms with Gasteiger partial charge in [-0.3, -0.25) is 4.57 Å². The van der Waals surface area contributed by atoms with E-state index in [0.717, 1.165) is 55.7 Å². The van der Waals surface area contributed by atoms with Gasteiger partial charge in [-0.25, -0.2) is 4.68 Å². The number of rotatable bonds is 6. The molecule has 3 aliphatic rings. The lowest BCUT2D eigenvalue weighted by Gasteiger charge is -2.54. The fourth-order valence-corrected chi connectivity index (χ4v) is 6.04. The van der Waals surface area contributed by atoms with Gasteiger partial charge in [0.05, 0.1) is 24.2 Å². The van der Waals surface area contributed by atoms with Crippen molar-refractivity contribution in [3.63, 3.8) is 0 Å². The van der Waals surface area contributed by atoms with E-state index in [-0.39, 0.29) is 26.1 Å². The van der Waals surface area contributed by atoms with Crippen LogP contribution in [-0.2, 0) is 9.30 Å². The predicted molar refractivity (Wildman–Crippen MR) is 117 cm³/mol. The Bertz CT molecular complexity index is 933. The molecule has 0 aromatic carbocycles. The molecule has 0 bridgehead atoms. The van der Waals surface area contributed by atoms with Gasteiger partial charge in [0.2, 0.25) is 5.28 Å². The van der Waals surface area contributed by atoms with Crippen LogP contribution in [0.1, 0.15) is 38.1 Å². The van der Waals surface area contributed by atoms with E-state index in [2.05, 4.69) is 26.8 Å². The normalized spacial score (nSPS) is 26.7. The van der Waals surface area contributed by atoms with Crippen molar-refractivity contribution < 1.29 is 9.30 Å². The highest BCUT2D eigenvalue weighted by Gasteiger charge is 2.46. The number of nitrogens with zero attached hydrogens (tertiary/aromatic N) is 6. The van der Waals surface area contributed by atoms with Crippen LogP contribution in [-0.4, -0.2) is 70.8 Å². The van der Waals surface area contributed by atoms with E-state index < -0.39 is 0 Å². The van der Waals surface area contributed by atoms with E-state index >= 15 is 0 Å². The van der Waals surface area contributed by atoms with E-state index in [1.54, 1.807) is 0 Å². The summed E-state index contributed by atoms with van der Waals surface area (Å²) >= 11 is 6.35. The molecular formula is C20H28ClN6O2P. The van der Waals surface area contributed by atoms with Gasteiger partial charge in [-0.2, -0.15) is 15.1 Å². The molecular weight excluding hydrogens is 423 g/mol. The van der Waals surface area contributed by atoms with Gasteiger partial charge in [0.25, 0.3) is 0 Å². The largest absolute Gasteiger partial charge is 0.369 e. The summed E-state index contributed by atoms with van der Waals surface area (Å²) in [7, 11) is 2.26. The molecule has 2 unspecified atom stereocenters. The van der Waals surface area contributed by atoms with Crippen molar-refractivity contribution in [3.8, 4) is 0 Å². The lowest BCUT2D eigenvalue weighted by atomic mass is 9.73. The number of hydrogen-bond acceptors (Lipinski definition) is 7. The molecule has 4 heterocycles. The maximum absolute atomic E-state index is 10.6. The number of ether oxygens (including phenoxy) is 1. The first-order valence-corrected chi connectivity index (χ1v) is 12.2. The Morgan fingerprint density at radius 3 is 2.97 bits per heavy atom. The number of hydrogen-bond donors (Lipinski definition) is 0. The molecule has 1 spiro atoms. The van der Waals surface area contributed by atoms with Gasteiger partial charge >= 0.3 is 0 Å². The minimum Gasteiger partial charge on any atom is -0.369 e. The second-order valence-electron chi connectivity index (χ2n) is 9.30. The molecule has 8 nitrogen and oxygen atoms in total. The number of aromatic nitrogens is 4. The Kier molecular flexibility index (Phi) is 5.69. The molecule has 10 heteroatoms. The summed E-state index contributed by atoms with van der Waals surface area (Å²) in [5.41, 5.74) is 1.21. The van der Waals surface area contributed by atoms with Gasteiger partial charge in [-0.05, 0) is 63.2 Å². The third-order valence-corrected chi connectivity index (χ3v) is 7.42. The van der Waals surface area contributed by atoms with Crippen LogP contribution in [0.25, 0.3) is 11.0 Å². The Labute approximate surface area is 183 Å². The minimum atomic E-state index is 0.0432. The number of halogens is 1. The monoisotopic (exact) mass is 450 g/mol. The number of likely N-dealkylation sites (tertiary alicyclic amines) is 1. The highest BCUT2D eigenvalue weighted by molar-refractivity contribution is 7.23. The van der Waals surface area contributed by atoms with Crippen molar-refractivity contribution in [3.05, 3.63) is 11.5 Å². The highest BCUT2D eigenvalue weighted by atomic mass is 35.5. The van der Waals surface area contributed by atoms with Gasteiger partial charge in [-0.15, -0.1) is 0 Å². The van der Waals surface area contributed by atoms with Gasteiger partial charge in [0, 0.05) is 25.0 Å². The van der Waals surface area contributed by atoms with Crippen LogP contribution in [0.5, 0.6) is 0 Å². The Morgan fingerprint density at radius 2 is 2.17 bits per heavy atom. The molecule has 2 aliphatic heterocycles. The van der Waals surface area contributed by atoms with Crippen LogP contribution in [0, 0.1) is 11.3 Å². The lowest BCUT2D eigenvalue weighted by Crippen LogP contribution is -2.62. The van der Waals surface area contributed by atoms with Crippen molar-refractivity contribution in [2.75, 3.05) is 51.1 Å². The first-order valence-electron chi connectivity index (χ1n) is 10.8. The average Bonchev–Trinajstić information content (AvgIpc) is 3.32. The van der Waals surface area contributed by atoms with E-state index in [1.165, 1.54) is 19.4 Å². The zero-order chi connectivity index (χ0) is 20.7. The molecule has 0 radical (unpaired) electrons. The standard InChI is InChI=1S/C20H28ClN6O2P/c1-25-6-2-5-20(10-25)11-26(12-20)17-16-8-22-27(18(16)24-19(21)23-17)15-4-3-14(7-15)9-29-13-30-28/h8,14-15H,2-7,9-13H2,1H3. The number of anilines is 1. The first kappa shape index (κ1) is 20.6. The summed E-state index contributed by atoms with van der Waals surface area (Å²) in [4.78, 5) is 13.9. The van der Waals surface area contributed by atoms with Gasteiger partial charge in [-0.1, -0.05) is 0 Å². The molecule has 0 N–H and O–H groups in total. The van der Waals surface area contributed by atoms with Crippen molar-refractivity contribution in [2.45, 2.75) is 38.1 Å². The number of fused-ring (bicyclic) bond motifs is 1. The summed E-state index contributed by atoms with van der Waals surface area (Å²) in [5, 5.41) is 5.97. The predicted octanol–water partition coefficient (Wildman–Crippen LogP) is 3.62. The van der Waals surface area contributed by atoms with Gasteiger partial charge in [0.15, 0.2) is 14.1 Å². The molecule has 30 heavy (non-hydrogen) atoms. The van der Waals surface area contributed by atoms with Crippen LogP contribution in [0.15, 0.2) is 6.20 Å². The molecule has 1 aliphatic carbocycles. The summed E-state index contributed by atoms with van der Waals surface area (Å²) < 4.78 is 18.1. The second kappa shape index (κ2) is 8.30. The third-order valence-electron chi connectivity index (χ3n) is 6.97. The van der Waals surface area contributed by atoms with Crippen molar-refractivity contribution in [2.24, 2.45) is 11.3 Å². The molecule has 1 saturated carbocycles. The van der Waals surface area contributed by atoms with Gasteiger partial charge < -0.3 is 14.5 Å². The minimum absolute atomic E-state index is 0.0432. The van der Waals surface area contributed by atoms with Crippen LogP contribution in [0.2, 0.25) is 5.28 Å². The topological polar surface area (TPSA) is 76.4 Å². The smallest absolute Gasteiger partial charge is 0.226 e. The van der Waals surface area contributed by atoms with Crippen LogP contribution < -0.4 is 4.90 Å². The van der Waals surface area contributed by atoms with Crippen molar-refractivity contribution in [1.29, 1.82) is 0 Å². The molecule has 2 aromatic rings.